The van der Waals surface area contributed by atoms with Crippen molar-refractivity contribution in [1.29, 1.82) is 0 Å². The maximum absolute atomic E-state index is 0. The average molecular weight is 1030 g/mol. The fourth-order valence-electron chi connectivity index (χ4n) is 0. The Bertz CT molecular complexity index is 8.92. The molecule has 0 aromatic heterocycles. The van der Waals surface area contributed by atoms with Gasteiger partial charge in [0, 0.05) is 204 Å². The second-order valence-electron chi connectivity index (χ2n) is 0. The third-order valence-corrected chi connectivity index (χ3v) is 0. The van der Waals surface area contributed by atoms with E-state index in [1.54, 1.807) is 0 Å². The van der Waals surface area contributed by atoms with Crippen molar-refractivity contribution in [1.82, 2.24) is 0 Å². The zero-order valence-corrected chi connectivity index (χ0v) is 18.5. The van der Waals surface area contributed by atoms with E-state index in [0.717, 1.165) is 0 Å². The van der Waals surface area contributed by atoms with Crippen molar-refractivity contribution in [3.8, 4) is 0 Å². The fourth-order valence-corrected chi connectivity index (χ4v) is 0. The second kappa shape index (κ2) is 53.9. The Kier molecular flexibility index (Phi) is 386. The Morgan fingerprint density at radius 1 is 0.222 bits per heavy atom. The minimum absolute atomic E-state index is 0. The van der Waals surface area contributed by atoms with E-state index in [0.29, 0.717) is 0 Å². The Hall–Kier alpha value is 8.92. The SMILES string of the molecule is [GeH4].[GeH4].[GeH4].[GeH4].[Nd].[Nd].[Nd].[Nd].[Nd]. The van der Waals surface area contributed by atoms with Gasteiger partial charge in [0.1, 0.15) is 0 Å². The molecule has 0 spiro atoms. The summed E-state index contributed by atoms with van der Waals surface area (Å²) in [5, 5.41) is 0. The molecule has 52 valence electrons. The number of rotatable bonds is 0. The predicted molar refractivity (Wildman–Crippen MR) is 45.3 cm³/mol. The normalized spacial score (nSPS) is 0. The summed E-state index contributed by atoms with van der Waals surface area (Å²) < 4.78 is 0. The topological polar surface area (TPSA) is 0 Å². The molecule has 0 unspecified atom stereocenters. The van der Waals surface area contributed by atoms with Gasteiger partial charge in [-0.1, -0.05) is 0 Å². The van der Waals surface area contributed by atoms with Gasteiger partial charge in [-0.05, 0) is 0 Å². The van der Waals surface area contributed by atoms with Crippen molar-refractivity contribution >= 4 is 70.4 Å². The van der Waals surface area contributed by atoms with Crippen molar-refractivity contribution in [2.45, 2.75) is 0 Å². The van der Waals surface area contributed by atoms with Gasteiger partial charge < -0.3 is 0 Å². The molecule has 0 heterocycles. The Balaban J connectivity index is 0. The first-order valence-corrected chi connectivity index (χ1v) is 0. The van der Waals surface area contributed by atoms with Crippen molar-refractivity contribution in [3.63, 3.8) is 0 Å². The van der Waals surface area contributed by atoms with Crippen molar-refractivity contribution in [3.05, 3.63) is 0 Å². The molecule has 9 heteroatoms. The summed E-state index contributed by atoms with van der Waals surface area (Å²) in [6.07, 6.45) is 0. The van der Waals surface area contributed by atoms with Gasteiger partial charge in [0.05, 0.1) is 0 Å². The third-order valence-electron chi connectivity index (χ3n) is 0. The molecule has 0 aliphatic heterocycles. The largest absolute Gasteiger partial charge is 0 e. The smallest absolute Gasteiger partial charge is 0 e. The summed E-state index contributed by atoms with van der Waals surface area (Å²) in [5.41, 5.74) is 0. The van der Waals surface area contributed by atoms with Crippen LogP contribution in [0.2, 0.25) is 0 Å². The number of hydrogen-bond donors (Lipinski definition) is 0. The molecule has 0 radical (unpaired) electrons. The summed E-state index contributed by atoms with van der Waals surface area (Å²) in [4.78, 5) is 0. The van der Waals surface area contributed by atoms with Crippen molar-refractivity contribution in [2.75, 3.05) is 0 Å². The molecule has 0 amide bonds. The van der Waals surface area contributed by atoms with Crippen LogP contribution >= 0.6 is 0 Å². The molecule has 0 aromatic carbocycles. The van der Waals surface area contributed by atoms with Crippen LogP contribution in [-0.2, 0) is 0 Å². The molecule has 0 saturated heterocycles. The van der Waals surface area contributed by atoms with E-state index in [1.807, 2.05) is 0 Å². The van der Waals surface area contributed by atoms with E-state index in [9.17, 15) is 0 Å². The van der Waals surface area contributed by atoms with E-state index < -0.39 is 0 Å². The zero-order valence-electron chi connectivity index (χ0n) is 2.50. The first-order chi connectivity index (χ1) is 0. The van der Waals surface area contributed by atoms with Gasteiger partial charge in [0.25, 0.3) is 0 Å². The summed E-state index contributed by atoms with van der Waals surface area (Å²) in [6, 6.07) is 0. The van der Waals surface area contributed by atoms with Crippen molar-refractivity contribution in [2.24, 2.45) is 0 Å². The molecule has 0 aromatic rings. The van der Waals surface area contributed by atoms with Crippen LogP contribution in [-0.4, -0.2) is 70.4 Å². The standard InChI is InChI=1S/4GeH4.5Nd/h4*1H4;;;;;. The first-order valence-electron chi connectivity index (χ1n) is 0. The second-order valence-corrected chi connectivity index (χ2v) is 0. The molecule has 0 aliphatic rings. The van der Waals surface area contributed by atoms with Gasteiger partial charge in [-0.25, -0.2) is 0 Å². The zero-order chi connectivity index (χ0) is 0. The van der Waals surface area contributed by atoms with Crippen molar-refractivity contribution < 1.29 is 204 Å². The Morgan fingerprint density at radius 2 is 0.222 bits per heavy atom. The van der Waals surface area contributed by atoms with Crippen LogP contribution in [0.5, 0.6) is 0 Å². The van der Waals surface area contributed by atoms with Crippen LogP contribution in [0, 0.1) is 204 Å². The summed E-state index contributed by atoms with van der Waals surface area (Å²) in [6.45, 7) is 0. The van der Waals surface area contributed by atoms with Crippen LogP contribution in [0.3, 0.4) is 0 Å². The molecule has 0 fully saturated rings. The molecule has 0 atom stereocenters. The monoisotopic (exact) mass is 1020 g/mol. The van der Waals surface area contributed by atoms with Gasteiger partial charge >= 0.3 is 70.4 Å². The molecule has 0 rings (SSSR count). The van der Waals surface area contributed by atoms with Crippen LogP contribution in [0.4, 0.5) is 0 Å². The predicted octanol–water partition coefficient (Wildman–Crippen LogP) is -5.81. The maximum atomic E-state index is 0. The van der Waals surface area contributed by atoms with E-state index in [-0.39, 0.29) is 275 Å². The Morgan fingerprint density at radius 3 is 0.222 bits per heavy atom. The van der Waals surface area contributed by atoms with E-state index in [2.05, 4.69) is 0 Å². The summed E-state index contributed by atoms with van der Waals surface area (Å²) in [5.74, 6) is 0. The average Bonchev–Trinajstić information content (AvgIpc) is 0. The molecule has 0 aliphatic carbocycles. The van der Waals surface area contributed by atoms with Gasteiger partial charge in [-0.3, -0.25) is 0 Å². The van der Waals surface area contributed by atoms with Gasteiger partial charge in [-0.15, -0.1) is 0 Å². The quantitative estimate of drug-likeness (QED) is 0.213. The van der Waals surface area contributed by atoms with Crippen LogP contribution in [0.15, 0.2) is 0 Å². The van der Waals surface area contributed by atoms with Crippen LogP contribution < -0.4 is 0 Å². The molecular formula is H16Ge4Nd5. The summed E-state index contributed by atoms with van der Waals surface area (Å²) >= 11 is 0. The van der Waals surface area contributed by atoms with Gasteiger partial charge in [0.15, 0.2) is 0 Å². The minimum atomic E-state index is 0. The van der Waals surface area contributed by atoms with Gasteiger partial charge in [0.2, 0.25) is 0 Å². The maximum Gasteiger partial charge on any atom is 0 e. The van der Waals surface area contributed by atoms with E-state index in [1.165, 1.54) is 0 Å². The fraction of sp³-hybridized carbons (Fsp3) is 0. The van der Waals surface area contributed by atoms with Crippen LogP contribution in [0.1, 0.15) is 0 Å². The minimum Gasteiger partial charge on any atom is 0 e. The molecule has 0 nitrogen and oxygen atoms in total. The molecule has 0 N–H and O–H groups in total. The van der Waals surface area contributed by atoms with Gasteiger partial charge in [-0.2, -0.15) is 0 Å². The first kappa shape index (κ1) is 64.5. The molecule has 0 saturated carbocycles. The van der Waals surface area contributed by atoms with E-state index in [4.69, 9.17) is 0 Å². The number of hydrogen-bond acceptors (Lipinski definition) is 0. The Labute approximate surface area is 265 Å². The molecule has 9 heavy (non-hydrogen) atoms. The molecule has 0 bridgehead atoms. The van der Waals surface area contributed by atoms with Crippen LogP contribution in [0.25, 0.3) is 0 Å². The summed E-state index contributed by atoms with van der Waals surface area (Å²) in [7, 11) is 0. The molecular weight excluding hydrogens is 1010 g/mol. The third kappa shape index (κ3) is 47.3. The van der Waals surface area contributed by atoms with E-state index >= 15 is 0 Å².